The van der Waals surface area contributed by atoms with Crippen molar-refractivity contribution in [1.82, 2.24) is 0 Å². The molecule has 3 nitrogen and oxygen atoms in total. The molecule has 2 rings (SSSR count). The molecule has 106 valence electrons. The van der Waals surface area contributed by atoms with Crippen molar-refractivity contribution in [3.8, 4) is 0 Å². The van der Waals surface area contributed by atoms with Gasteiger partial charge in [0, 0.05) is 5.69 Å². The van der Waals surface area contributed by atoms with Crippen molar-refractivity contribution in [1.29, 1.82) is 0 Å². The fraction of sp³-hybridized carbons (Fsp3) is 0.143. The molecule has 0 spiro atoms. The largest absolute Gasteiger partial charge is 0.399 e. The van der Waals surface area contributed by atoms with Gasteiger partial charge in [0.1, 0.15) is 5.82 Å². The number of aryl methyl sites for hydroxylation is 1. The molecule has 2 N–H and O–H groups in total. The molecule has 0 aliphatic rings. The first-order valence-electron chi connectivity index (χ1n) is 5.82. The summed E-state index contributed by atoms with van der Waals surface area (Å²) in [6.07, 6.45) is 0. The summed E-state index contributed by atoms with van der Waals surface area (Å²) < 4.78 is 38.0. The van der Waals surface area contributed by atoms with Gasteiger partial charge in [-0.05, 0) is 64.3 Å². The molecule has 0 aliphatic heterocycles. The van der Waals surface area contributed by atoms with Crippen LogP contribution in [0.25, 0.3) is 0 Å². The highest BCUT2D eigenvalue weighted by Crippen LogP contribution is 2.23. The summed E-state index contributed by atoms with van der Waals surface area (Å²) in [7, 11) is -3.48. The maximum absolute atomic E-state index is 13.1. The van der Waals surface area contributed by atoms with Crippen molar-refractivity contribution < 1.29 is 12.8 Å². The zero-order chi connectivity index (χ0) is 14.9. The van der Waals surface area contributed by atoms with E-state index >= 15 is 0 Å². The third-order valence-corrected chi connectivity index (χ3v) is 5.23. The van der Waals surface area contributed by atoms with Gasteiger partial charge in [-0.1, -0.05) is 6.07 Å². The van der Waals surface area contributed by atoms with Crippen LogP contribution >= 0.6 is 15.9 Å². The highest BCUT2D eigenvalue weighted by atomic mass is 79.9. The van der Waals surface area contributed by atoms with Crippen molar-refractivity contribution in [2.75, 3.05) is 5.73 Å². The summed E-state index contributed by atoms with van der Waals surface area (Å²) in [4.78, 5) is 0.213. The van der Waals surface area contributed by atoms with Gasteiger partial charge in [-0.3, -0.25) is 0 Å². The lowest BCUT2D eigenvalue weighted by molar-refractivity contribution is 0.594. The second-order valence-electron chi connectivity index (χ2n) is 4.53. The molecule has 0 unspecified atom stereocenters. The predicted octanol–water partition coefficient (Wildman–Crippen LogP) is 3.45. The Hall–Kier alpha value is -1.40. The van der Waals surface area contributed by atoms with Crippen molar-refractivity contribution >= 4 is 31.5 Å². The summed E-state index contributed by atoms with van der Waals surface area (Å²) in [6.45, 7) is 1.75. The topological polar surface area (TPSA) is 60.2 Å². The Bertz CT molecular complexity index is 760. The predicted molar refractivity (Wildman–Crippen MR) is 80.6 cm³/mol. The number of rotatable bonds is 3. The Morgan fingerprint density at radius 2 is 1.90 bits per heavy atom. The molecular formula is C14H13BrFNO2S. The summed E-state index contributed by atoms with van der Waals surface area (Å²) in [6, 6.07) is 8.77. The fourth-order valence-corrected chi connectivity index (χ4v) is 3.62. The molecule has 6 heteroatoms. The van der Waals surface area contributed by atoms with Crippen LogP contribution in [0.5, 0.6) is 0 Å². The van der Waals surface area contributed by atoms with Gasteiger partial charge in [0.15, 0.2) is 9.84 Å². The lowest BCUT2D eigenvalue weighted by atomic mass is 10.2. The number of anilines is 1. The number of nitrogens with two attached hydrogens (primary N) is 1. The van der Waals surface area contributed by atoms with E-state index in [1.54, 1.807) is 19.1 Å². The molecule has 0 fully saturated rings. The molecular weight excluding hydrogens is 345 g/mol. The second-order valence-corrected chi connectivity index (χ2v) is 7.37. The molecule has 2 aromatic carbocycles. The molecule has 2 aromatic rings. The second kappa shape index (κ2) is 5.54. The fourth-order valence-electron chi connectivity index (χ4n) is 1.77. The van der Waals surface area contributed by atoms with Crippen LogP contribution < -0.4 is 5.73 Å². The first-order valence-corrected chi connectivity index (χ1v) is 8.27. The molecule has 0 aromatic heterocycles. The van der Waals surface area contributed by atoms with Gasteiger partial charge in [0.2, 0.25) is 0 Å². The number of nitrogen functional groups attached to an aromatic ring is 1. The summed E-state index contributed by atoms with van der Waals surface area (Å²) >= 11 is 3.04. The van der Waals surface area contributed by atoms with Crippen molar-refractivity contribution in [2.45, 2.75) is 17.6 Å². The average molecular weight is 358 g/mol. The van der Waals surface area contributed by atoms with Crippen LogP contribution in [0, 0.1) is 12.7 Å². The SMILES string of the molecule is Cc1cc(S(=O)(=O)Cc2ccc(F)c(Br)c2)ccc1N. The van der Waals surface area contributed by atoms with Crippen LogP contribution in [0.1, 0.15) is 11.1 Å². The maximum atomic E-state index is 13.1. The smallest absolute Gasteiger partial charge is 0.182 e. The van der Waals surface area contributed by atoms with Crippen LogP contribution in [0.15, 0.2) is 45.8 Å². The minimum Gasteiger partial charge on any atom is -0.399 e. The normalized spacial score (nSPS) is 11.6. The van der Waals surface area contributed by atoms with Crippen LogP contribution in [0.2, 0.25) is 0 Å². The van der Waals surface area contributed by atoms with Gasteiger partial charge in [-0.2, -0.15) is 0 Å². The molecule has 20 heavy (non-hydrogen) atoms. The van der Waals surface area contributed by atoms with Gasteiger partial charge in [0.05, 0.1) is 15.1 Å². The third kappa shape index (κ3) is 3.19. The molecule has 0 amide bonds. The quantitative estimate of drug-likeness (QED) is 0.855. The Kier molecular flexibility index (Phi) is 4.15. The van der Waals surface area contributed by atoms with Crippen molar-refractivity contribution in [2.24, 2.45) is 0 Å². The number of hydrogen-bond acceptors (Lipinski definition) is 3. The molecule has 0 saturated carbocycles. The first kappa shape index (κ1) is 15.0. The van der Waals surface area contributed by atoms with E-state index in [1.165, 1.54) is 24.3 Å². The highest BCUT2D eigenvalue weighted by Gasteiger charge is 2.16. The van der Waals surface area contributed by atoms with E-state index in [1.807, 2.05) is 0 Å². The van der Waals surface area contributed by atoms with Gasteiger partial charge in [-0.15, -0.1) is 0 Å². The number of halogens is 2. The van der Waals surface area contributed by atoms with Gasteiger partial charge in [0.25, 0.3) is 0 Å². The lowest BCUT2D eigenvalue weighted by Crippen LogP contribution is -2.06. The Morgan fingerprint density at radius 3 is 2.50 bits per heavy atom. The van der Waals surface area contributed by atoms with E-state index in [2.05, 4.69) is 15.9 Å². The van der Waals surface area contributed by atoms with Gasteiger partial charge >= 0.3 is 0 Å². The van der Waals surface area contributed by atoms with Gasteiger partial charge in [-0.25, -0.2) is 12.8 Å². The van der Waals surface area contributed by atoms with Crippen LogP contribution in [0.3, 0.4) is 0 Å². The van der Waals surface area contributed by atoms with Crippen LogP contribution in [-0.4, -0.2) is 8.42 Å². The van der Waals surface area contributed by atoms with Crippen molar-refractivity contribution in [3.05, 3.63) is 57.8 Å². The molecule has 0 saturated heterocycles. The Labute approximate surface area is 125 Å². The van der Waals surface area contributed by atoms with E-state index in [9.17, 15) is 12.8 Å². The molecule has 0 bridgehead atoms. The first-order chi connectivity index (χ1) is 9.29. The maximum Gasteiger partial charge on any atom is 0.182 e. The third-order valence-electron chi connectivity index (χ3n) is 2.94. The monoisotopic (exact) mass is 357 g/mol. The van der Waals surface area contributed by atoms with Crippen molar-refractivity contribution in [3.63, 3.8) is 0 Å². The zero-order valence-corrected chi connectivity index (χ0v) is 13.1. The summed E-state index contributed by atoms with van der Waals surface area (Å²) in [5.41, 5.74) is 7.46. The number of hydrogen-bond donors (Lipinski definition) is 1. The summed E-state index contributed by atoms with van der Waals surface area (Å²) in [5.74, 6) is -0.607. The van der Waals surface area contributed by atoms with Crippen LogP contribution in [-0.2, 0) is 15.6 Å². The number of sulfone groups is 1. The van der Waals surface area contributed by atoms with E-state index in [4.69, 9.17) is 5.73 Å². The Morgan fingerprint density at radius 1 is 1.20 bits per heavy atom. The van der Waals surface area contributed by atoms with Crippen LogP contribution in [0.4, 0.5) is 10.1 Å². The van der Waals surface area contributed by atoms with E-state index in [0.717, 1.165) is 0 Å². The minimum absolute atomic E-state index is 0.185. The summed E-state index contributed by atoms with van der Waals surface area (Å²) in [5, 5.41) is 0. The zero-order valence-electron chi connectivity index (χ0n) is 10.7. The minimum atomic E-state index is -3.48. The molecule has 0 heterocycles. The highest BCUT2D eigenvalue weighted by molar-refractivity contribution is 9.10. The van der Waals surface area contributed by atoms with Gasteiger partial charge < -0.3 is 5.73 Å². The lowest BCUT2D eigenvalue weighted by Gasteiger charge is -2.08. The standard InChI is InChI=1S/C14H13BrFNO2S/c1-9-6-11(3-5-14(9)17)20(18,19)8-10-2-4-13(16)12(15)7-10/h2-7H,8,17H2,1H3. The van der Waals surface area contributed by atoms with E-state index in [0.29, 0.717) is 16.8 Å². The Balaban J connectivity index is 2.35. The van der Waals surface area contributed by atoms with E-state index < -0.39 is 15.7 Å². The number of benzene rings is 2. The molecule has 0 aliphatic carbocycles. The average Bonchev–Trinajstić information content (AvgIpc) is 2.37. The van der Waals surface area contributed by atoms with E-state index in [-0.39, 0.29) is 15.1 Å². The molecule has 0 atom stereocenters. The molecule has 0 radical (unpaired) electrons.